The average molecular weight is 355 g/mol. The van der Waals surface area contributed by atoms with Gasteiger partial charge in [-0.3, -0.25) is 0 Å². The van der Waals surface area contributed by atoms with Crippen LogP contribution in [0.15, 0.2) is 0 Å². The summed E-state index contributed by atoms with van der Waals surface area (Å²) in [6, 6.07) is 1.46. The summed E-state index contributed by atoms with van der Waals surface area (Å²) in [6.07, 6.45) is 5.06. The molecule has 3 unspecified atom stereocenters. The van der Waals surface area contributed by atoms with Crippen molar-refractivity contribution in [2.45, 2.75) is 85.2 Å². The lowest BCUT2D eigenvalue weighted by molar-refractivity contribution is -1.17. The Morgan fingerprint density at radius 2 is 1.52 bits per heavy atom. The Kier molecular flexibility index (Phi) is 6.63. The molecule has 0 aromatic rings. The van der Waals surface area contributed by atoms with Gasteiger partial charge in [-0.15, -0.1) is 0 Å². The number of nitrogens with zero attached hydrogens (tertiary/aromatic N) is 4. The van der Waals surface area contributed by atoms with E-state index in [4.69, 9.17) is 0 Å². The highest BCUT2D eigenvalue weighted by Gasteiger charge is 2.78. The zero-order valence-electron chi connectivity index (χ0n) is 18.5. The van der Waals surface area contributed by atoms with Gasteiger partial charge in [0.15, 0.2) is 0 Å². The molecule has 2 aliphatic rings. The predicted octanol–water partition coefficient (Wildman–Crippen LogP) is 3.54. The molecule has 0 N–H and O–H groups in total. The second-order valence-corrected chi connectivity index (χ2v) is 8.84. The smallest absolute Gasteiger partial charge is 0.244 e. The van der Waals surface area contributed by atoms with Gasteiger partial charge in [-0.25, -0.2) is 8.97 Å². The summed E-state index contributed by atoms with van der Waals surface area (Å²) in [6.45, 7) is 21.9. The van der Waals surface area contributed by atoms with Crippen LogP contribution in [-0.2, 0) is 0 Å². The van der Waals surface area contributed by atoms with E-state index in [0.29, 0.717) is 6.04 Å². The van der Waals surface area contributed by atoms with Crippen LogP contribution in [0.3, 0.4) is 0 Å². The van der Waals surface area contributed by atoms with Crippen molar-refractivity contribution in [2.75, 3.05) is 53.4 Å². The zero-order valence-corrected chi connectivity index (χ0v) is 18.5. The summed E-state index contributed by atoms with van der Waals surface area (Å²) in [5.41, 5.74) is 0. The van der Waals surface area contributed by atoms with Crippen LogP contribution in [-0.4, -0.2) is 90.1 Å². The molecule has 4 heteroatoms. The quantitative estimate of drug-likeness (QED) is 0.615. The first-order valence-corrected chi connectivity index (χ1v) is 11.1. The first-order valence-electron chi connectivity index (χ1n) is 11.1. The molecule has 0 bridgehead atoms. The maximum atomic E-state index is 2.96. The Bertz CT molecular complexity index is 442. The fourth-order valence-corrected chi connectivity index (χ4v) is 6.51. The van der Waals surface area contributed by atoms with Crippen LogP contribution in [0.2, 0.25) is 0 Å². The molecule has 2 rings (SSSR count). The van der Waals surface area contributed by atoms with Crippen molar-refractivity contribution < 1.29 is 8.97 Å². The van der Waals surface area contributed by atoms with Gasteiger partial charge in [0, 0.05) is 13.1 Å². The maximum absolute atomic E-state index is 2.96. The highest BCUT2D eigenvalue weighted by molar-refractivity contribution is 4.93. The minimum absolute atomic E-state index is 0.122. The Hall–Kier alpha value is -0.160. The van der Waals surface area contributed by atoms with Crippen LogP contribution in [0, 0.1) is 0 Å². The van der Waals surface area contributed by atoms with Crippen LogP contribution in [0.5, 0.6) is 0 Å². The topological polar surface area (TPSA) is 6.48 Å². The second kappa shape index (κ2) is 7.84. The molecule has 2 saturated heterocycles. The van der Waals surface area contributed by atoms with Crippen molar-refractivity contribution in [3.63, 3.8) is 0 Å². The lowest BCUT2D eigenvalue weighted by atomic mass is 10.1. The summed E-state index contributed by atoms with van der Waals surface area (Å²) >= 11 is 0. The zero-order chi connectivity index (χ0) is 18.9. The summed E-state index contributed by atoms with van der Waals surface area (Å²) in [4.78, 5) is 5.88. The van der Waals surface area contributed by atoms with E-state index in [2.05, 4.69) is 65.4 Å². The van der Waals surface area contributed by atoms with Crippen molar-refractivity contribution in [3.8, 4) is 0 Å². The van der Waals surface area contributed by atoms with Gasteiger partial charge in [0.2, 0.25) is 0 Å². The van der Waals surface area contributed by atoms with Gasteiger partial charge in [-0.05, 0) is 39.5 Å². The van der Waals surface area contributed by atoms with Gasteiger partial charge in [-0.1, -0.05) is 27.7 Å². The molecule has 1 spiro atoms. The van der Waals surface area contributed by atoms with Gasteiger partial charge in [0.25, 0.3) is 0 Å². The van der Waals surface area contributed by atoms with E-state index in [1.165, 1.54) is 73.9 Å². The number of likely N-dealkylation sites (N-methyl/N-ethyl adjacent to an activating group) is 2. The van der Waals surface area contributed by atoms with Gasteiger partial charge in [0.1, 0.15) is 12.6 Å². The minimum Gasteiger partial charge on any atom is -0.244 e. The minimum atomic E-state index is 0.122. The monoisotopic (exact) mass is 354 g/mol. The average Bonchev–Trinajstić information content (AvgIpc) is 3.02. The van der Waals surface area contributed by atoms with Crippen molar-refractivity contribution in [3.05, 3.63) is 0 Å². The molecule has 0 aromatic heterocycles. The number of hydrogen-bond donors (Lipinski definition) is 0. The van der Waals surface area contributed by atoms with Crippen molar-refractivity contribution in [2.24, 2.45) is 0 Å². The lowest BCUT2D eigenvalue weighted by Gasteiger charge is -2.56. The first kappa shape index (κ1) is 21.1. The molecule has 148 valence electrons. The third-order valence-electron chi connectivity index (χ3n) is 7.77. The maximum Gasteiger partial charge on any atom is 0.356 e. The second-order valence-electron chi connectivity index (χ2n) is 8.84. The Labute approximate surface area is 157 Å². The van der Waals surface area contributed by atoms with Crippen molar-refractivity contribution in [1.82, 2.24) is 9.80 Å². The van der Waals surface area contributed by atoms with Crippen LogP contribution in [0.25, 0.3) is 0 Å². The summed E-state index contributed by atoms with van der Waals surface area (Å²) in [5, 5.41) is 0. The van der Waals surface area contributed by atoms with E-state index in [1.807, 2.05) is 0 Å². The number of quaternary nitrogens is 2. The SMILES string of the molecule is CCCN1CC(CC)[N@@+](C)(CC)C12N(CCC)C(CC)C[N@@+]2(C)CC. The number of hydrogen-bond acceptors (Lipinski definition) is 2. The van der Waals surface area contributed by atoms with Crippen molar-refractivity contribution >= 4 is 0 Å². The highest BCUT2D eigenvalue weighted by atomic mass is 15.9. The molecule has 0 amide bonds. The Morgan fingerprint density at radius 1 is 0.880 bits per heavy atom. The molecular formula is C21H46N4+2. The standard InChI is InChI=1S/C21H46N4/c1-9-15-22-17-20(12-4)25(8,14-6)21(22)23(16-10-2)19(11-3)18-24(21,7)13-5/h19-20H,9-18H2,1-8H3/q+2/t19?,20?,21?,24-,25-/m1/s1. The molecule has 4 nitrogen and oxygen atoms in total. The van der Waals surface area contributed by atoms with E-state index in [9.17, 15) is 0 Å². The molecule has 0 aliphatic carbocycles. The molecule has 0 aromatic carbocycles. The van der Waals surface area contributed by atoms with Crippen LogP contribution < -0.4 is 0 Å². The lowest BCUT2D eigenvalue weighted by Crippen LogP contribution is -2.82. The summed E-state index contributed by atoms with van der Waals surface area (Å²) < 4.78 is 2.39. The van der Waals surface area contributed by atoms with E-state index in [1.54, 1.807) is 0 Å². The molecule has 2 fully saturated rings. The van der Waals surface area contributed by atoms with E-state index in [0.717, 1.165) is 6.04 Å². The largest absolute Gasteiger partial charge is 0.356 e. The molecule has 0 radical (unpaired) electrons. The molecule has 25 heavy (non-hydrogen) atoms. The van der Waals surface area contributed by atoms with Crippen LogP contribution in [0.4, 0.5) is 0 Å². The third-order valence-corrected chi connectivity index (χ3v) is 7.77. The normalized spacial score (nSPS) is 42.7. The van der Waals surface area contributed by atoms with Crippen LogP contribution in [0.1, 0.15) is 67.2 Å². The fourth-order valence-electron chi connectivity index (χ4n) is 6.51. The Balaban J connectivity index is 2.72. The third kappa shape index (κ3) is 2.70. The van der Waals surface area contributed by atoms with E-state index in [-0.39, 0.29) is 5.91 Å². The van der Waals surface area contributed by atoms with Gasteiger partial charge in [0.05, 0.1) is 39.8 Å². The van der Waals surface area contributed by atoms with Gasteiger partial charge < -0.3 is 0 Å². The highest BCUT2D eigenvalue weighted by Crippen LogP contribution is 2.51. The Morgan fingerprint density at radius 3 is 1.96 bits per heavy atom. The molecule has 0 saturated carbocycles. The number of rotatable bonds is 8. The molecular weight excluding hydrogens is 308 g/mol. The molecule has 2 heterocycles. The van der Waals surface area contributed by atoms with Crippen LogP contribution >= 0.6 is 0 Å². The first-order chi connectivity index (χ1) is 11.9. The summed E-state index contributed by atoms with van der Waals surface area (Å²) in [7, 11) is 5.14. The van der Waals surface area contributed by atoms with Gasteiger partial charge in [-0.2, -0.15) is 9.80 Å². The summed E-state index contributed by atoms with van der Waals surface area (Å²) in [5.74, 6) is 0.122. The molecule has 5 atom stereocenters. The van der Waals surface area contributed by atoms with Crippen molar-refractivity contribution in [1.29, 1.82) is 0 Å². The van der Waals surface area contributed by atoms with E-state index >= 15 is 0 Å². The van der Waals surface area contributed by atoms with E-state index < -0.39 is 0 Å². The van der Waals surface area contributed by atoms with Gasteiger partial charge >= 0.3 is 5.91 Å². The fraction of sp³-hybridized carbons (Fsp3) is 1.00. The molecule has 2 aliphatic heterocycles. The predicted molar refractivity (Wildman–Crippen MR) is 108 cm³/mol.